The third-order valence-corrected chi connectivity index (χ3v) is 6.08. The van der Waals surface area contributed by atoms with E-state index in [1.165, 1.54) is 47.8 Å². The molecule has 2 nitrogen and oxygen atoms in total. The van der Waals surface area contributed by atoms with Crippen LogP contribution in [0.1, 0.15) is 37.7 Å². The summed E-state index contributed by atoms with van der Waals surface area (Å²) >= 11 is 1.85. The van der Waals surface area contributed by atoms with Gasteiger partial charge in [-0.1, -0.05) is 37.5 Å². The number of hydrogen-bond acceptors (Lipinski definition) is 3. The van der Waals surface area contributed by atoms with Gasteiger partial charge in [0, 0.05) is 23.3 Å². The van der Waals surface area contributed by atoms with Gasteiger partial charge in [0.1, 0.15) is 0 Å². The maximum atomic E-state index is 3.74. The van der Waals surface area contributed by atoms with E-state index in [9.17, 15) is 0 Å². The first-order chi connectivity index (χ1) is 10.2. The van der Waals surface area contributed by atoms with Gasteiger partial charge in [0.25, 0.3) is 0 Å². The molecule has 3 rings (SSSR count). The Morgan fingerprint density at radius 2 is 1.90 bits per heavy atom. The smallest absolute Gasteiger partial charge is 0.0346 e. The highest BCUT2D eigenvalue weighted by molar-refractivity contribution is 7.17. The third-order valence-electron chi connectivity index (χ3n) is 5.06. The van der Waals surface area contributed by atoms with Crippen molar-refractivity contribution < 1.29 is 0 Å². The molecule has 1 N–H and O–H groups in total. The van der Waals surface area contributed by atoms with Gasteiger partial charge in [0.2, 0.25) is 0 Å². The second kappa shape index (κ2) is 6.47. The van der Waals surface area contributed by atoms with Crippen molar-refractivity contribution >= 4 is 21.4 Å². The first-order valence-electron chi connectivity index (χ1n) is 8.05. The van der Waals surface area contributed by atoms with Gasteiger partial charge in [-0.15, -0.1) is 11.3 Å². The van der Waals surface area contributed by atoms with Crippen LogP contribution in [0.15, 0.2) is 29.6 Å². The van der Waals surface area contributed by atoms with Gasteiger partial charge in [-0.2, -0.15) is 0 Å². The van der Waals surface area contributed by atoms with Crippen molar-refractivity contribution in [2.75, 3.05) is 20.6 Å². The van der Waals surface area contributed by atoms with Crippen molar-refractivity contribution in [3.05, 3.63) is 35.2 Å². The Labute approximate surface area is 132 Å². The second-order valence-electron chi connectivity index (χ2n) is 6.54. The van der Waals surface area contributed by atoms with Crippen LogP contribution in [0.2, 0.25) is 0 Å². The molecule has 0 radical (unpaired) electrons. The average Bonchev–Trinajstić information content (AvgIpc) is 2.92. The quantitative estimate of drug-likeness (QED) is 0.888. The summed E-state index contributed by atoms with van der Waals surface area (Å²) in [7, 11) is 4.49. The molecule has 0 amide bonds. The summed E-state index contributed by atoms with van der Waals surface area (Å²) in [6.45, 7) is 2.09. The van der Waals surface area contributed by atoms with Crippen molar-refractivity contribution in [3.63, 3.8) is 0 Å². The molecule has 0 spiro atoms. The molecule has 1 heterocycles. The van der Waals surface area contributed by atoms with E-state index in [0.717, 1.165) is 13.1 Å². The van der Waals surface area contributed by atoms with Crippen LogP contribution in [0, 0.1) is 0 Å². The number of likely N-dealkylation sites (N-methyl/N-ethyl adjacent to an activating group) is 1. The molecule has 21 heavy (non-hydrogen) atoms. The van der Waals surface area contributed by atoms with Crippen LogP contribution >= 0.6 is 11.3 Å². The van der Waals surface area contributed by atoms with E-state index in [-0.39, 0.29) is 0 Å². The summed E-state index contributed by atoms with van der Waals surface area (Å²) in [5, 5.41) is 7.46. The average molecular weight is 302 g/mol. The fraction of sp³-hybridized carbons (Fsp3) is 0.556. The Kier molecular flexibility index (Phi) is 4.63. The lowest BCUT2D eigenvalue weighted by molar-refractivity contribution is 0.0984. The zero-order chi connectivity index (χ0) is 14.7. The van der Waals surface area contributed by atoms with E-state index < -0.39 is 0 Å². The summed E-state index contributed by atoms with van der Waals surface area (Å²) in [6.07, 6.45) is 6.82. The molecular weight excluding hydrogens is 276 g/mol. The van der Waals surface area contributed by atoms with E-state index in [2.05, 4.69) is 54.0 Å². The largest absolute Gasteiger partial charge is 0.311 e. The van der Waals surface area contributed by atoms with Crippen LogP contribution in [0.5, 0.6) is 0 Å². The Morgan fingerprint density at radius 3 is 2.67 bits per heavy atom. The molecule has 1 aromatic heterocycles. The molecule has 1 aliphatic rings. The standard InChI is InChI=1S/C18H26N2S/c1-20(2)18(10-6-3-7-11-18)14-19-12-15-13-21-17-9-5-4-8-16(15)17/h4-5,8-9,13,19H,3,6-7,10-12,14H2,1-2H3. The highest BCUT2D eigenvalue weighted by Crippen LogP contribution is 2.32. The first-order valence-corrected chi connectivity index (χ1v) is 8.92. The molecule has 2 aromatic rings. The van der Waals surface area contributed by atoms with Crippen LogP contribution in [-0.4, -0.2) is 31.1 Å². The molecule has 0 atom stereocenters. The fourth-order valence-corrected chi connectivity index (χ4v) is 4.55. The molecule has 1 aliphatic carbocycles. The summed E-state index contributed by atoms with van der Waals surface area (Å²) in [6, 6.07) is 8.72. The van der Waals surface area contributed by atoms with Gasteiger partial charge in [0.15, 0.2) is 0 Å². The molecule has 0 unspecified atom stereocenters. The van der Waals surface area contributed by atoms with Crippen molar-refractivity contribution in [1.82, 2.24) is 10.2 Å². The van der Waals surface area contributed by atoms with Crippen LogP contribution < -0.4 is 5.32 Å². The fourth-order valence-electron chi connectivity index (χ4n) is 3.59. The number of nitrogens with one attached hydrogen (secondary N) is 1. The Balaban J connectivity index is 1.64. The predicted molar refractivity (Wildman–Crippen MR) is 93.0 cm³/mol. The summed E-state index contributed by atoms with van der Waals surface area (Å²) in [5.41, 5.74) is 1.81. The lowest BCUT2D eigenvalue weighted by Gasteiger charge is -2.43. The van der Waals surface area contributed by atoms with Gasteiger partial charge in [0.05, 0.1) is 0 Å². The molecule has 3 heteroatoms. The number of hydrogen-bond donors (Lipinski definition) is 1. The van der Waals surface area contributed by atoms with Gasteiger partial charge < -0.3 is 10.2 Å². The minimum atomic E-state index is 0.365. The number of benzene rings is 1. The Bertz CT molecular complexity index is 582. The molecule has 1 fully saturated rings. The van der Waals surface area contributed by atoms with E-state index in [0.29, 0.717) is 5.54 Å². The number of thiophene rings is 1. The SMILES string of the molecule is CN(C)C1(CNCc2csc3ccccc23)CCCCC1. The summed E-state index contributed by atoms with van der Waals surface area (Å²) in [4.78, 5) is 2.45. The van der Waals surface area contributed by atoms with Crippen LogP contribution in [-0.2, 0) is 6.54 Å². The zero-order valence-corrected chi connectivity index (χ0v) is 14.0. The van der Waals surface area contributed by atoms with Gasteiger partial charge in [-0.05, 0) is 49.3 Å². The van der Waals surface area contributed by atoms with Crippen LogP contribution in [0.3, 0.4) is 0 Å². The first kappa shape index (κ1) is 15.0. The van der Waals surface area contributed by atoms with Crippen molar-refractivity contribution in [1.29, 1.82) is 0 Å². The number of fused-ring (bicyclic) bond motifs is 1. The minimum Gasteiger partial charge on any atom is -0.311 e. The summed E-state index contributed by atoms with van der Waals surface area (Å²) in [5.74, 6) is 0. The topological polar surface area (TPSA) is 15.3 Å². The monoisotopic (exact) mass is 302 g/mol. The van der Waals surface area contributed by atoms with E-state index in [1.54, 1.807) is 0 Å². The molecule has 1 saturated carbocycles. The van der Waals surface area contributed by atoms with Gasteiger partial charge in [-0.3, -0.25) is 0 Å². The molecular formula is C18H26N2S. The normalized spacial score (nSPS) is 18.4. The third kappa shape index (κ3) is 3.15. The van der Waals surface area contributed by atoms with Gasteiger partial charge >= 0.3 is 0 Å². The molecule has 0 bridgehead atoms. The number of nitrogens with zero attached hydrogens (tertiary/aromatic N) is 1. The molecule has 0 aliphatic heterocycles. The van der Waals surface area contributed by atoms with E-state index in [4.69, 9.17) is 0 Å². The Morgan fingerprint density at radius 1 is 1.14 bits per heavy atom. The van der Waals surface area contributed by atoms with Crippen LogP contribution in [0.4, 0.5) is 0 Å². The van der Waals surface area contributed by atoms with Crippen molar-refractivity contribution in [2.24, 2.45) is 0 Å². The molecule has 114 valence electrons. The van der Waals surface area contributed by atoms with Crippen molar-refractivity contribution in [3.8, 4) is 0 Å². The van der Waals surface area contributed by atoms with Crippen molar-refractivity contribution in [2.45, 2.75) is 44.2 Å². The maximum absolute atomic E-state index is 3.74. The molecule has 0 saturated heterocycles. The lowest BCUT2D eigenvalue weighted by atomic mass is 9.80. The minimum absolute atomic E-state index is 0.365. The maximum Gasteiger partial charge on any atom is 0.0346 e. The van der Waals surface area contributed by atoms with E-state index in [1.807, 2.05) is 11.3 Å². The highest BCUT2D eigenvalue weighted by atomic mass is 32.1. The second-order valence-corrected chi connectivity index (χ2v) is 7.45. The lowest BCUT2D eigenvalue weighted by Crippen LogP contribution is -2.52. The predicted octanol–water partition coefficient (Wildman–Crippen LogP) is 4.26. The zero-order valence-electron chi connectivity index (χ0n) is 13.2. The number of rotatable bonds is 5. The molecule has 1 aromatic carbocycles. The summed E-state index contributed by atoms with van der Waals surface area (Å²) < 4.78 is 1.40. The Hall–Kier alpha value is -0.900. The van der Waals surface area contributed by atoms with Crippen LogP contribution in [0.25, 0.3) is 10.1 Å². The van der Waals surface area contributed by atoms with E-state index >= 15 is 0 Å². The highest BCUT2D eigenvalue weighted by Gasteiger charge is 2.33. The van der Waals surface area contributed by atoms with Gasteiger partial charge in [-0.25, -0.2) is 0 Å².